The monoisotopic (exact) mass is 194 g/mol. The molecule has 0 aromatic heterocycles. The molecule has 0 bridgehead atoms. The summed E-state index contributed by atoms with van der Waals surface area (Å²) >= 11 is 0. The van der Waals surface area contributed by atoms with Crippen LogP contribution in [-0.2, 0) is 4.79 Å². The van der Waals surface area contributed by atoms with E-state index >= 15 is 0 Å². The van der Waals surface area contributed by atoms with Gasteiger partial charge in [-0.1, -0.05) is 46.3 Å². The molecule has 0 heterocycles. The molecule has 0 aromatic rings. The smallest absolute Gasteiger partial charge is 0.137 e. The molecule has 0 radical (unpaired) electrons. The third kappa shape index (κ3) is 2.70. The van der Waals surface area contributed by atoms with E-state index < -0.39 is 0 Å². The number of carbonyl (C=O) groups is 1. The molecule has 1 aliphatic rings. The van der Waals surface area contributed by atoms with Gasteiger partial charge in [0.05, 0.1) is 0 Å². The van der Waals surface area contributed by atoms with Crippen molar-refractivity contribution in [2.45, 2.75) is 47.0 Å². The second-order valence-electron chi connectivity index (χ2n) is 5.23. The first-order chi connectivity index (χ1) is 6.46. The lowest BCUT2D eigenvalue weighted by molar-refractivity contribution is -0.124. The molecule has 80 valence electrons. The minimum atomic E-state index is 0.0633. The zero-order chi connectivity index (χ0) is 10.8. The van der Waals surface area contributed by atoms with Gasteiger partial charge in [-0.25, -0.2) is 0 Å². The minimum Gasteiger partial charge on any atom is -0.299 e. The Labute approximate surface area is 87.6 Å². The predicted octanol–water partition coefficient (Wildman–Crippen LogP) is 3.59. The van der Waals surface area contributed by atoms with Gasteiger partial charge in [-0.2, -0.15) is 0 Å². The van der Waals surface area contributed by atoms with Crippen LogP contribution in [0.1, 0.15) is 47.0 Å². The summed E-state index contributed by atoms with van der Waals surface area (Å²) in [6, 6.07) is 0. The zero-order valence-corrected chi connectivity index (χ0v) is 9.84. The van der Waals surface area contributed by atoms with Crippen molar-refractivity contribution in [1.29, 1.82) is 0 Å². The van der Waals surface area contributed by atoms with Crippen LogP contribution < -0.4 is 0 Å². The van der Waals surface area contributed by atoms with Gasteiger partial charge in [-0.05, 0) is 17.8 Å². The van der Waals surface area contributed by atoms with E-state index in [1.165, 1.54) is 0 Å². The molecule has 1 heteroatoms. The number of ketones is 1. The van der Waals surface area contributed by atoms with Crippen molar-refractivity contribution in [2.75, 3.05) is 0 Å². The molecular weight excluding hydrogens is 172 g/mol. The zero-order valence-electron chi connectivity index (χ0n) is 9.84. The highest BCUT2D eigenvalue weighted by Crippen LogP contribution is 2.33. The number of carbonyl (C=O) groups excluding carboxylic acids is 1. The van der Waals surface area contributed by atoms with E-state index in [0.29, 0.717) is 18.1 Å². The van der Waals surface area contributed by atoms with E-state index in [1.807, 2.05) is 0 Å². The van der Waals surface area contributed by atoms with Crippen molar-refractivity contribution in [1.82, 2.24) is 0 Å². The second-order valence-corrected chi connectivity index (χ2v) is 5.23. The standard InChI is InChI=1S/C13H22O/c1-5-6-11-7-8-13(3,4)9-12(14)10(11)2/h7-8,10-11H,5-6,9H2,1-4H3. The van der Waals surface area contributed by atoms with Gasteiger partial charge >= 0.3 is 0 Å². The number of hydrogen-bond acceptors (Lipinski definition) is 1. The largest absolute Gasteiger partial charge is 0.299 e. The summed E-state index contributed by atoms with van der Waals surface area (Å²) in [6.45, 7) is 8.54. The maximum atomic E-state index is 11.9. The fourth-order valence-corrected chi connectivity index (χ4v) is 2.14. The predicted molar refractivity (Wildman–Crippen MR) is 60.1 cm³/mol. The van der Waals surface area contributed by atoms with E-state index in [2.05, 4.69) is 39.8 Å². The van der Waals surface area contributed by atoms with Crippen LogP contribution in [0.2, 0.25) is 0 Å². The summed E-state index contributed by atoms with van der Waals surface area (Å²) in [5.41, 5.74) is 0.0633. The van der Waals surface area contributed by atoms with E-state index in [0.717, 1.165) is 12.8 Å². The average molecular weight is 194 g/mol. The lowest BCUT2D eigenvalue weighted by Gasteiger charge is -2.19. The molecule has 0 saturated heterocycles. The molecular formula is C13H22O. The Balaban J connectivity index is 2.82. The minimum absolute atomic E-state index is 0.0633. The van der Waals surface area contributed by atoms with Crippen molar-refractivity contribution in [3.8, 4) is 0 Å². The van der Waals surface area contributed by atoms with E-state index in [4.69, 9.17) is 0 Å². The maximum Gasteiger partial charge on any atom is 0.137 e. The van der Waals surface area contributed by atoms with Gasteiger partial charge in [0.25, 0.3) is 0 Å². The Morgan fingerprint density at radius 2 is 2.14 bits per heavy atom. The van der Waals surface area contributed by atoms with Gasteiger partial charge in [-0.3, -0.25) is 4.79 Å². The first-order valence-corrected chi connectivity index (χ1v) is 5.68. The highest BCUT2D eigenvalue weighted by Gasteiger charge is 2.29. The van der Waals surface area contributed by atoms with Crippen LogP contribution in [0.25, 0.3) is 0 Å². The Kier molecular flexibility index (Phi) is 3.52. The average Bonchev–Trinajstić information content (AvgIpc) is 2.17. The molecule has 2 atom stereocenters. The van der Waals surface area contributed by atoms with Gasteiger partial charge in [0.2, 0.25) is 0 Å². The van der Waals surface area contributed by atoms with Crippen molar-refractivity contribution >= 4 is 5.78 Å². The summed E-state index contributed by atoms with van der Waals surface area (Å²) in [5, 5.41) is 0. The molecule has 1 rings (SSSR count). The number of Topliss-reactive ketones (excluding diaryl/α,β-unsaturated/α-hetero) is 1. The number of hydrogen-bond donors (Lipinski definition) is 0. The molecule has 0 fully saturated rings. The molecule has 2 unspecified atom stereocenters. The summed E-state index contributed by atoms with van der Waals surface area (Å²) in [4.78, 5) is 11.9. The molecule has 1 nitrogen and oxygen atoms in total. The molecule has 0 aromatic carbocycles. The fourth-order valence-electron chi connectivity index (χ4n) is 2.14. The van der Waals surface area contributed by atoms with Crippen LogP contribution in [0.4, 0.5) is 0 Å². The number of allylic oxidation sites excluding steroid dienone is 2. The summed E-state index contributed by atoms with van der Waals surface area (Å²) in [7, 11) is 0. The summed E-state index contributed by atoms with van der Waals surface area (Å²) in [5.74, 6) is 1.11. The quantitative estimate of drug-likeness (QED) is 0.614. The highest BCUT2D eigenvalue weighted by molar-refractivity contribution is 5.82. The Morgan fingerprint density at radius 1 is 1.50 bits per heavy atom. The van der Waals surface area contributed by atoms with Gasteiger partial charge in [0, 0.05) is 12.3 Å². The highest BCUT2D eigenvalue weighted by atomic mass is 16.1. The van der Waals surface area contributed by atoms with Crippen molar-refractivity contribution in [3.63, 3.8) is 0 Å². The van der Waals surface area contributed by atoms with Crippen LogP contribution in [0, 0.1) is 17.3 Å². The Bertz CT molecular complexity index is 238. The molecule has 0 N–H and O–H groups in total. The van der Waals surface area contributed by atoms with Crippen LogP contribution in [-0.4, -0.2) is 5.78 Å². The normalized spacial score (nSPS) is 31.6. The van der Waals surface area contributed by atoms with Crippen molar-refractivity contribution in [3.05, 3.63) is 12.2 Å². The second kappa shape index (κ2) is 4.29. The first kappa shape index (κ1) is 11.5. The molecule has 0 amide bonds. The van der Waals surface area contributed by atoms with E-state index in [1.54, 1.807) is 0 Å². The van der Waals surface area contributed by atoms with Crippen LogP contribution in [0.15, 0.2) is 12.2 Å². The third-order valence-corrected chi connectivity index (χ3v) is 3.20. The van der Waals surface area contributed by atoms with Crippen LogP contribution >= 0.6 is 0 Å². The van der Waals surface area contributed by atoms with Gasteiger partial charge < -0.3 is 0 Å². The fraction of sp³-hybridized carbons (Fsp3) is 0.769. The summed E-state index contributed by atoms with van der Waals surface area (Å²) < 4.78 is 0. The van der Waals surface area contributed by atoms with Crippen LogP contribution in [0.5, 0.6) is 0 Å². The molecule has 0 aliphatic heterocycles. The van der Waals surface area contributed by atoms with Crippen molar-refractivity contribution < 1.29 is 4.79 Å². The number of rotatable bonds is 2. The lowest BCUT2D eigenvalue weighted by Crippen LogP contribution is -2.21. The Hall–Kier alpha value is -0.590. The lowest BCUT2D eigenvalue weighted by atomic mass is 9.84. The van der Waals surface area contributed by atoms with E-state index in [-0.39, 0.29) is 11.3 Å². The first-order valence-electron chi connectivity index (χ1n) is 5.68. The SMILES string of the molecule is CCCC1C=CC(C)(C)CC(=O)C1C. The Morgan fingerprint density at radius 3 is 2.71 bits per heavy atom. The van der Waals surface area contributed by atoms with Crippen molar-refractivity contribution in [2.24, 2.45) is 17.3 Å². The van der Waals surface area contributed by atoms with Gasteiger partial charge in [0.1, 0.15) is 5.78 Å². The molecule has 0 saturated carbocycles. The summed E-state index contributed by atoms with van der Waals surface area (Å²) in [6.07, 6.45) is 7.49. The van der Waals surface area contributed by atoms with Gasteiger partial charge in [-0.15, -0.1) is 0 Å². The topological polar surface area (TPSA) is 17.1 Å². The maximum absolute atomic E-state index is 11.9. The van der Waals surface area contributed by atoms with E-state index in [9.17, 15) is 4.79 Å². The molecule has 0 spiro atoms. The molecule has 14 heavy (non-hydrogen) atoms. The molecule has 1 aliphatic carbocycles. The van der Waals surface area contributed by atoms with Crippen LogP contribution in [0.3, 0.4) is 0 Å². The van der Waals surface area contributed by atoms with Gasteiger partial charge in [0.15, 0.2) is 0 Å². The third-order valence-electron chi connectivity index (χ3n) is 3.20.